The number of nitrogens with zero attached hydrogens (tertiary/aromatic N) is 3. The van der Waals surface area contributed by atoms with Crippen molar-refractivity contribution in [1.29, 1.82) is 5.41 Å². The first-order valence-electron chi connectivity index (χ1n) is 10.0. The van der Waals surface area contributed by atoms with Crippen molar-refractivity contribution in [3.8, 4) is 11.3 Å². The SMILES string of the molecule is [C-]#[N+]CCNc1nc(Cl)c(-c2ccccc2)n(CC(=O)NCc2ccc(C(=N)N)cc2)c1=O. The molecule has 1 aromatic heterocycles. The zero-order valence-corrected chi connectivity index (χ0v) is 18.4. The Morgan fingerprint density at radius 2 is 1.88 bits per heavy atom. The van der Waals surface area contributed by atoms with Gasteiger partial charge in [-0.2, -0.15) is 0 Å². The molecule has 0 aliphatic carbocycles. The van der Waals surface area contributed by atoms with E-state index in [1.54, 1.807) is 48.5 Å². The lowest BCUT2D eigenvalue weighted by Gasteiger charge is -2.16. The van der Waals surface area contributed by atoms with Crippen molar-refractivity contribution in [2.45, 2.75) is 13.1 Å². The standard InChI is InChI=1S/C23H22ClN7O2/c1-27-11-12-28-22-23(33)31(19(20(24)30-22)16-5-3-2-4-6-16)14-18(32)29-13-15-7-9-17(10-8-15)21(25)26/h2-10H,11-14H2,(H3,25,26)(H,28,30)(H,29,32). The number of amides is 1. The van der Waals surface area contributed by atoms with Gasteiger partial charge < -0.3 is 21.2 Å². The van der Waals surface area contributed by atoms with Gasteiger partial charge in [0, 0.05) is 17.7 Å². The molecule has 10 heteroatoms. The van der Waals surface area contributed by atoms with Crippen molar-refractivity contribution in [3.63, 3.8) is 0 Å². The first-order valence-corrected chi connectivity index (χ1v) is 10.4. The van der Waals surface area contributed by atoms with Crippen LogP contribution in [0.2, 0.25) is 5.15 Å². The highest BCUT2D eigenvalue weighted by Crippen LogP contribution is 2.26. The van der Waals surface area contributed by atoms with Crippen molar-refractivity contribution in [2.24, 2.45) is 5.73 Å². The Hall–Kier alpha value is -4.16. The summed E-state index contributed by atoms with van der Waals surface area (Å²) in [5.74, 6) is -0.441. The largest absolute Gasteiger partial charge is 0.384 e. The van der Waals surface area contributed by atoms with Gasteiger partial charge in [0.1, 0.15) is 12.4 Å². The number of hydrogen-bond donors (Lipinski definition) is 4. The molecule has 0 unspecified atom stereocenters. The second-order valence-corrected chi connectivity index (χ2v) is 7.41. The first kappa shape index (κ1) is 23.5. The number of carbonyl (C=O) groups is 1. The quantitative estimate of drug-likeness (QED) is 0.168. The molecule has 2 aromatic carbocycles. The number of nitrogens with one attached hydrogen (secondary N) is 3. The van der Waals surface area contributed by atoms with Gasteiger partial charge in [0.05, 0.1) is 12.2 Å². The predicted molar refractivity (Wildman–Crippen MR) is 128 cm³/mol. The highest BCUT2D eigenvalue weighted by Gasteiger charge is 2.19. The van der Waals surface area contributed by atoms with E-state index in [0.717, 1.165) is 5.56 Å². The molecule has 168 valence electrons. The maximum Gasteiger partial charge on any atom is 0.294 e. The lowest BCUT2D eigenvalue weighted by atomic mass is 10.1. The average Bonchev–Trinajstić information content (AvgIpc) is 2.81. The average molecular weight is 464 g/mol. The third kappa shape index (κ3) is 5.96. The molecule has 0 saturated heterocycles. The highest BCUT2D eigenvalue weighted by atomic mass is 35.5. The van der Waals surface area contributed by atoms with Crippen molar-refractivity contribution < 1.29 is 4.79 Å². The maximum absolute atomic E-state index is 13.1. The van der Waals surface area contributed by atoms with Crippen molar-refractivity contribution >= 4 is 29.2 Å². The molecule has 0 bridgehead atoms. The van der Waals surface area contributed by atoms with Gasteiger partial charge in [-0.1, -0.05) is 66.2 Å². The molecular formula is C23H22ClN7O2. The van der Waals surface area contributed by atoms with E-state index in [-0.39, 0.29) is 48.9 Å². The number of hydrogen-bond acceptors (Lipinski definition) is 5. The third-order valence-corrected chi connectivity index (χ3v) is 5.01. The molecule has 1 amide bonds. The number of rotatable bonds is 9. The summed E-state index contributed by atoms with van der Waals surface area (Å²) >= 11 is 6.42. The Balaban J connectivity index is 1.86. The second-order valence-electron chi connectivity index (χ2n) is 7.05. The zero-order valence-electron chi connectivity index (χ0n) is 17.6. The van der Waals surface area contributed by atoms with Gasteiger partial charge >= 0.3 is 0 Å². The lowest BCUT2D eigenvalue weighted by molar-refractivity contribution is -0.121. The van der Waals surface area contributed by atoms with Gasteiger partial charge in [-0.05, 0) is 5.56 Å². The Kier molecular flexibility index (Phi) is 7.78. The van der Waals surface area contributed by atoms with Gasteiger partial charge in [-0.25, -0.2) is 11.6 Å². The molecule has 3 rings (SSSR count). The fourth-order valence-electron chi connectivity index (χ4n) is 3.11. The summed E-state index contributed by atoms with van der Waals surface area (Å²) in [6, 6.07) is 15.9. The summed E-state index contributed by atoms with van der Waals surface area (Å²) < 4.78 is 1.28. The number of halogens is 1. The summed E-state index contributed by atoms with van der Waals surface area (Å²) in [5.41, 5.74) is 7.33. The number of nitrogen functional groups attached to an aromatic ring is 1. The molecule has 0 spiro atoms. The fourth-order valence-corrected chi connectivity index (χ4v) is 3.40. The molecule has 5 N–H and O–H groups in total. The molecule has 0 aliphatic rings. The Bertz CT molecular complexity index is 1250. The van der Waals surface area contributed by atoms with Crippen molar-refractivity contribution in [3.05, 3.63) is 92.6 Å². The van der Waals surface area contributed by atoms with Crippen molar-refractivity contribution in [2.75, 3.05) is 18.4 Å². The molecule has 0 atom stereocenters. The van der Waals surface area contributed by atoms with E-state index < -0.39 is 5.56 Å². The van der Waals surface area contributed by atoms with Crippen LogP contribution < -0.4 is 21.9 Å². The van der Waals surface area contributed by atoms with E-state index in [1.807, 2.05) is 6.07 Å². The molecule has 33 heavy (non-hydrogen) atoms. The van der Waals surface area contributed by atoms with E-state index in [0.29, 0.717) is 16.8 Å². The predicted octanol–water partition coefficient (Wildman–Crippen LogP) is 2.50. The number of benzene rings is 2. The first-order chi connectivity index (χ1) is 15.9. The maximum atomic E-state index is 13.1. The van der Waals surface area contributed by atoms with Gasteiger partial charge in [0.15, 0.2) is 11.0 Å². The molecule has 0 radical (unpaired) electrons. The van der Waals surface area contributed by atoms with Crippen LogP contribution in [0.5, 0.6) is 0 Å². The van der Waals surface area contributed by atoms with E-state index >= 15 is 0 Å². The van der Waals surface area contributed by atoms with Crippen LogP contribution >= 0.6 is 11.6 Å². The van der Waals surface area contributed by atoms with Gasteiger partial charge in [-0.3, -0.25) is 19.6 Å². The molecule has 1 heterocycles. The molecule has 0 aliphatic heterocycles. The summed E-state index contributed by atoms with van der Waals surface area (Å²) in [4.78, 5) is 33.2. The monoisotopic (exact) mass is 463 g/mol. The minimum Gasteiger partial charge on any atom is -0.384 e. The van der Waals surface area contributed by atoms with E-state index in [1.165, 1.54) is 4.57 Å². The second kappa shape index (κ2) is 10.9. The number of anilines is 1. The van der Waals surface area contributed by atoms with E-state index in [4.69, 9.17) is 29.3 Å². The summed E-state index contributed by atoms with van der Waals surface area (Å²) in [5, 5.41) is 13.1. The molecule has 3 aromatic rings. The van der Waals surface area contributed by atoms with Crippen molar-refractivity contribution in [1.82, 2.24) is 14.9 Å². The number of nitrogens with two attached hydrogens (primary N) is 1. The van der Waals surface area contributed by atoms with Crippen LogP contribution in [-0.2, 0) is 17.9 Å². The molecule has 0 fully saturated rings. The summed E-state index contributed by atoms with van der Waals surface area (Å²) in [7, 11) is 0. The summed E-state index contributed by atoms with van der Waals surface area (Å²) in [6.07, 6.45) is 0. The minimum atomic E-state index is -0.510. The number of aromatic nitrogens is 2. The van der Waals surface area contributed by atoms with Crippen LogP contribution in [0.15, 0.2) is 59.4 Å². The topological polar surface area (TPSA) is 130 Å². The Morgan fingerprint density at radius 3 is 2.52 bits per heavy atom. The Morgan fingerprint density at radius 1 is 1.18 bits per heavy atom. The van der Waals surface area contributed by atoms with Crippen LogP contribution in [0.25, 0.3) is 16.1 Å². The number of amidine groups is 1. The van der Waals surface area contributed by atoms with Crippen LogP contribution in [0.3, 0.4) is 0 Å². The van der Waals surface area contributed by atoms with Crippen LogP contribution in [0.4, 0.5) is 5.82 Å². The molecular weight excluding hydrogens is 442 g/mol. The number of carbonyl (C=O) groups excluding carboxylic acids is 1. The van der Waals surface area contributed by atoms with Crippen LogP contribution in [0, 0.1) is 12.0 Å². The van der Waals surface area contributed by atoms with E-state index in [2.05, 4.69) is 20.5 Å². The highest BCUT2D eigenvalue weighted by molar-refractivity contribution is 6.32. The van der Waals surface area contributed by atoms with Gasteiger partial charge in [-0.15, -0.1) is 0 Å². The minimum absolute atomic E-state index is 0.0176. The smallest absolute Gasteiger partial charge is 0.294 e. The van der Waals surface area contributed by atoms with Crippen LogP contribution in [0.1, 0.15) is 11.1 Å². The molecule has 9 nitrogen and oxygen atoms in total. The lowest BCUT2D eigenvalue weighted by Crippen LogP contribution is -2.34. The summed E-state index contributed by atoms with van der Waals surface area (Å²) in [6.45, 7) is 7.25. The van der Waals surface area contributed by atoms with Crippen LogP contribution in [-0.4, -0.2) is 34.4 Å². The Labute approximate surface area is 195 Å². The van der Waals surface area contributed by atoms with Gasteiger partial charge in [0.25, 0.3) is 5.56 Å². The third-order valence-electron chi connectivity index (χ3n) is 4.74. The van der Waals surface area contributed by atoms with Gasteiger partial charge in [0.2, 0.25) is 12.5 Å². The molecule has 0 saturated carbocycles. The normalized spacial score (nSPS) is 10.3. The van der Waals surface area contributed by atoms with E-state index in [9.17, 15) is 9.59 Å². The fraction of sp³-hybridized carbons (Fsp3) is 0.174. The zero-order chi connectivity index (χ0) is 23.8.